The smallest absolute Gasteiger partial charge is 0.249 e. The zero-order valence-electron chi connectivity index (χ0n) is 19.8. The van der Waals surface area contributed by atoms with E-state index >= 15 is 0 Å². The third-order valence-corrected chi connectivity index (χ3v) is 6.71. The van der Waals surface area contributed by atoms with E-state index in [1.54, 1.807) is 6.20 Å². The van der Waals surface area contributed by atoms with E-state index in [4.69, 9.17) is 0 Å². The van der Waals surface area contributed by atoms with Gasteiger partial charge in [-0.2, -0.15) is 0 Å². The van der Waals surface area contributed by atoms with Crippen molar-refractivity contribution in [3.8, 4) is 0 Å². The molecule has 1 heterocycles. The summed E-state index contributed by atoms with van der Waals surface area (Å²) in [5.74, 6) is -1.11. The van der Waals surface area contributed by atoms with E-state index in [1.807, 2.05) is 38.1 Å². The Bertz CT molecular complexity index is 1070. The number of carbonyl (C=O) groups excluding carboxylic acids is 2. The Hall–Kier alpha value is -3.29. The van der Waals surface area contributed by atoms with Crippen LogP contribution in [0.4, 0.5) is 4.39 Å². The second-order valence-corrected chi connectivity index (χ2v) is 9.26. The minimum Gasteiger partial charge on any atom is -0.351 e. The van der Waals surface area contributed by atoms with Gasteiger partial charge in [-0.3, -0.25) is 14.5 Å². The first-order valence-electron chi connectivity index (χ1n) is 12.0. The van der Waals surface area contributed by atoms with Gasteiger partial charge in [0, 0.05) is 23.9 Å². The summed E-state index contributed by atoms with van der Waals surface area (Å²) in [5, 5.41) is 10.9. The molecule has 1 aromatic heterocycles. The fraction of sp³-hybridized carbons (Fsp3) is 0.462. The molecule has 0 radical (unpaired) electrons. The first-order chi connectivity index (χ1) is 16.4. The van der Waals surface area contributed by atoms with Gasteiger partial charge in [0.05, 0.1) is 6.20 Å². The van der Waals surface area contributed by atoms with Crippen LogP contribution in [0.1, 0.15) is 62.6 Å². The van der Waals surface area contributed by atoms with Gasteiger partial charge in [0.15, 0.2) is 0 Å². The van der Waals surface area contributed by atoms with E-state index in [-0.39, 0.29) is 30.3 Å². The van der Waals surface area contributed by atoms with Crippen LogP contribution in [0.5, 0.6) is 0 Å². The highest BCUT2D eigenvalue weighted by Crippen LogP contribution is 2.35. The first kappa shape index (κ1) is 23.9. The lowest BCUT2D eigenvalue weighted by molar-refractivity contribution is -0.140. The van der Waals surface area contributed by atoms with Crippen LogP contribution in [-0.2, 0) is 16.1 Å². The highest BCUT2D eigenvalue weighted by atomic mass is 19.1. The fourth-order valence-corrected chi connectivity index (χ4v) is 4.85. The van der Waals surface area contributed by atoms with E-state index in [1.165, 1.54) is 34.4 Å². The zero-order chi connectivity index (χ0) is 24.1. The summed E-state index contributed by atoms with van der Waals surface area (Å²) in [6.07, 6.45) is 11.6. The number of hydrogen-bond acceptors (Lipinski definition) is 4. The normalized spacial score (nSPS) is 19.7. The van der Waals surface area contributed by atoms with Crippen LogP contribution in [-0.4, -0.2) is 37.7 Å². The summed E-state index contributed by atoms with van der Waals surface area (Å²) in [4.78, 5) is 29.1. The number of nitrogens with one attached hydrogen (secondary N) is 1. The number of rotatable bonds is 7. The summed E-state index contributed by atoms with van der Waals surface area (Å²) in [7, 11) is 0. The molecule has 34 heavy (non-hydrogen) atoms. The van der Waals surface area contributed by atoms with E-state index in [2.05, 4.69) is 15.6 Å². The lowest BCUT2D eigenvalue weighted by Gasteiger charge is -2.38. The molecule has 0 bridgehead atoms. The van der Waals surface area contributed by atoms with Crippen LogP contribution in [0.2, 0.25) is 0 Å². The minimum absolute atomic E-state index is 0.0782. The van der Waals surface area contributed by atoms with Crippen LogP contribution in [0.3, 0.4) is 0 Å². The van der Waals surface area contributed by atoms with Gasteiger partial charge in [0.25, 0.3) is 0 Å². The molecule has 2 aliphatic carbocycles. The predicted molar refractivity (Wildman–Crippen MR) is 127 cm³/mol. The van der Waals surface area contributed by atoms with Crippen molar-refractivity contribution in [2.75, 3.05) is 0 Å². The Morgan fingerprint density at radius 2 is 2.00 bits per heavy atom. The van der Waals surface area contributed by atoms with Gasteiger partial charge in [0.2, 0.25) is 11.8 Å². The minimum atomic E-state index is -0.918. The number of halogens is 1. The highest BCUT2D eigenvalue weighted by molar-refractivity contribution is 5.90. The number of aryl methyl sites for hydroxylation is 1. The molecule has 1 fully saturated rings. The lowest BCUT2D eigenvalue weighted by Crippen LogP contribution is -2.48. The molecule has 1 aromatic carbocycles. The molecule has 2 aliphatic rings. The molecule has 2 amide bonds. The molecular formula is C26H32FN5O2. The molecule has 0 aliphatic heterocycles. The van der Waals surface area contributed by atoms with Crippen LogP contribution in [0.15, 0.2) is 60.3 Å². The molecule has 180 valence electrons. The first-order valence-corrected chi connectivity index (χ1v) is 12.0. The van der Waals surface area contributed by atoms with Crippen molar-refractivity contribution >= 4 is 11.8 Å². The number of aromatic nitrogens is 3. The monoisotopic (exact) mass is 465 g/mol. The Balaban J connectivity index is 1.77. The Kier molecular flexibility index (Phi) is 7.55. The van der Waals surface area contributed by atoms with Crippen LogP contribution >= 0.6 is 0 Å². The summed E-state index contributed by atoms with van der Waals surface area (Å²) in [6, 6.07) is 6.73. The number of allylic oxidation sites excluding steroid dienone is 4. The molecule has 7 nitrogen and oxygen atoms in total. The van der Waals surface area contributed by atoms with Crippen molar-refractivity contribution in [1.82, 2.24) is 25.2 Å². The summed E-state index contributed by atoms with van der Waals surface area (Å²) < 4.78 is 15.9. The van der Waals surface area contributed by atoms with Crippen molar-refractivity contribution in [1.29, 1.82) is 0 Å². The van der Waals surface area contributed by atoms with Gasteiger partial charge >= 0.3 is 0 Å². The molecule has 2 unspecified atom stereocenters. The van der Waals surface area contributed by atoms with E-state index in [0.717, 1.165) is 36.8 Å². The molecule has 1 saturated carbocycles. The highest BCUT2D eigenvalue weighted by Gasteiger charge is 2.38. The molecule has 0 saturated heterocycles. The summed E-state index contributed by atoms with van der Waals surface area (Å²) in [5.41, 5.74) is 2.12. The van der Waals surface area contributed by atoms with Gasteiger partial charge < -0.3 is 5.32 Å². The molecule has 1 N–H and O–H groups in total. The average molecular weight is 466 g/mol. The second kappa shape index (κ2) is 10.8. The van der Waals surface area contributed by atoms with Crippen LogP contribution in [0.25, 0.3) is 0 Å². The quantitative estimate of drug-likeness (QED) is 0.658. The summed E-state index contributed by atoms with van der Waals surface area (Å²) in [6.45, 7) is 3.77. The Morgan fingerprint density at radius 1 is 1.24 bits per heavy atom. The standard InChI is InChI=1S/C26H32FN5O2/c1-18-8-6-7-11-22(18)25(26(34)29-21-9-4-3-5-10-21)32(23-16-20(27)13-12-19(23)2)24(33)17-31-15-14-28-30-31/h6-8,11,13-16,19,21,25H,3-5,9-10,12,17H2,1-2H3,(H,29,34). The third kappa shape index (κ3) is 5.43. The second-order valence-electron chi connectivity index (χ2n) is 9.26. The maximum atomic E-state index is 14.4. The van der Waals surface area contributed by atoms with Crippen molar-refractivity contribution in [3.05, 3.63) is 71.5 Å². The Labute approximate surface area is 199 Å². The SMILES string of the molecule is Cc1ccccc1C(C(=O)NC1CCCCC1)N(C(=O)Cn1ccnn1)C1=CC(F)=CCC1C. The molecule has 0 spiro atoms. The van der Waals surface area contributed by atoms with Crippen molar-refractivity contribution in [3.63, 3.8) is 0 Å². The molecule has 8 heteroatoms. The number of benzene rings is 1. The number of nitrogens with zero attached hydrogens (tertiary/aromatic N) is 4. The van der Waals surface area contributed by atoms with Crippen molar-refractivity contribution in [2.24, 2.45) is 5.92 Å². The van der Waals surface area contributed by atoms with Gasteiger partial charge in [-0.15, -0.1) is 5.10 Å². The number of hydrogen-bond donors (Lipinski definition) is 1. The maximum Gasteiger partial charge on any atom is 0.249 e. The maximum absolute atomic E-state index is 14.4. The van der Waals surface area contributed by atoms with E-state index in [9.17, 15) is 14.0 Å². The van der Waals surface area contributed by atoms with E-state index < -0.39 is 11.9 Å². The average Bonchev–Trinajstić information content (AvgIpc) is 3.33. The topological polar surface area (TPSA) is 80.1 Å². The third-order valence-electron chi connectivity index (χ3n) is 6.71. The molecule has 4 rings (SSSR count). The zero-order valence-corrected chi connectivity index (χ0v) is 19.8. The Morgan fingerprint density at radius 3 is 2.71 bits per heavy atom. The van der Waals surface area contributed by atoms with Crippen molar-refractivity contribution in [2.45, 2.75) is 71.0 Å². The van der Waals surface area contributed by atoms with Crippen LogP contribution in [0, 0.1) is 12.8 Å². The van der Waals surface area contributed by atoms with Crippen LogP contribution < -0.4 is 5.32 Å². The van der Waals surface area contributed by atoms with Gasteiger partial charge in [0.1, 0.15) is 18.4 Å². The van der Waals surface area contributed by atoms with E-state index in [0.29, 0.717) is 12.1 Å². The number of amides is 2. The molecule has 2 atom stereocenters. The van der Waals surface area contributed by atoms with Gasteiger partial charge in [-0.05, 0) is 49.5 Å². The molecular weight excluding hydrogens is 433 g/mol. The largest absolute Gasteiger partial charge is 0.351 e. The van der Waals surface area contributed by atoms with Gasteiger partial charge in [-0.1, -0.05) is 55.7 Å². The lowest BCUT2D eigenvalue weighted by atomic mass is 9.91. The van der Waals surface area contributed by atoms with Crippen molar-refractivity contribution < 1.29 is 14.0 Å². The molecule has 2 aromatic rings. The van der Waals surface area contributed by atoms with Gasteiger partial charge in [-0.25, -0.2) is 9.07 Å². The fourth-order valence-electron chi connectivity index (χ4n) is 4.85. The predicted octanol–water partition coefficient (Wildman–Crippen LogP) is 4.38. The number of carbonyl (C=O) groups is 2. The summed E-state index contributed by atoms with van der Waals surface area (Å²) >= 11 is 0.